The molecule has 0 atom stereocenters. The van der Waals surface area contributed by atoms with E-state index in [1.54, 1.807) is 0 Å². The first-order chi connectivity index (χ1) is 7.81. The summed E-state index contributed by atoms with van der Waals surface area (Å²) in [5.41, 5.74) is 1.14. The number of para-hydroxylation sites is 1. The molecule has 0 radical (unpaired) electrons. The van der Waals surface area contributed by atoms with E-state index in [0.717, 1.165) is 18.8 Å². The molecule has 0 N–H and O–H groups in total. The van der Waals surface area contributed by atoms with Crippen LogP contribution in [0.4, 0.5) is 5.69 Å². The standard InChI is InChI=1S/C10H14N4O2/c15-11-14(16)13-8-6-12(7-9-13)10-4-2-1-3-5-10/h1-5,15H,6-9H2/p-1/b14-11+. The predicted octanol–water partition coefficient (Wildman–Crippen LogP) is 1.18. The van der Waals surface area contributed by atoms with Gasteiger partial charge in [-0.3, -0.25) is 0 Å². The van der Waals surface area contributed by atoms with Crippen molar-refractivity contribution in [2.45, 2.75) is 0 Å². The van der Waals surface area contributed by atoms with Crippen molar-refractivity contribution in [3.8, 4) is 0 Å². The molecule has 6 heteroatoms. The highest BCUT2D eigenvalue weighted by atomic mass is 16.6. The first-order valence-electron chi connectivity index (χ1n) is 5.16. The van der Waals surface area contributed by atoms with Crippen molar-refractivity contribution in [3.05, 3.63) is 40.7 Å². The number of hydrogen-bond acceptors (Lipinski definition) is 4. The molecule has 6 nitrogen and oxygen atoms in total. The third-order valence-corrected chi connectivity index (χ3v) is 2.69. The van der Waals surface area contributed by atoms with E-state index in [2.05, 4.69) is 10.2 Å². The van der Waals surface area contributed by atoms with E-state index >= 15 is 0 Å². The van der Waals surface area contributed by atoms with Gasteiger partial charge in [0.15, 0.2) is 0 Å². The highest BCUT2D eigenvalue weighted by molar-refractivity contribution is 5.46. The minimum absolute atomic E-state index is 0.127. The van der Waals surface area contributed by atoms with Crippen molar-refractivity contribution in [2.75, 3.05) is 31.1 Å². The second-order valence-corrected chi connectivity index (χ2v) is 3.61. The summed E-state index contributed by atoms with van der Waals surface area (Å²) in [6.45, 7) is 2.48. The maximum Gasteiger partial charge on any atom is 0.0943 e. The lowest BCUT2D eigenvalue weighted by molar-refractivity contribution is -0.690. The molecular formula is C10H13N4O2-. The molecule has 1 aromatic rings. The zero-order valence-electron chi connectivity index (χ0n) is 8.82. The van der Waals surface area contributed by atoms with Gasteiger partial charge in [0.2, 0.25) is 0 Å². The molecule has 0 unspecified atom stereocenters. The van der Waals surface area contributed by atoms with Crippen LogP contribution in [0.1, 0.15) is 0 Å². The average molecular weight is 221 g/mol. The molecule has 0 spiro atoms. The summed E-state index contributed by atoms with van der Waals surface area (Å²) in [7, 11) is 0. The van der Waals surface area contributed by atoms with Crippen molar-refractivity contribution >= 4 is 5.69 Å². The van der Waals surface area contributed by atoms with Gasteiger partial charge >= 0.3 is 0 Å². The van der Waals surface area contributed by atoms with Gasteiger partial charge in [0.05, 0.1) is 13.1 Å². The monoisotopic (exact) mass is 221 g/mol. The summed E-state index contributed by atoms with van der Waals surface area (Å²) in [5, 5.41) is 24.8. The molecule has 1 saturated heterocycles. The van der Waals surface area contributed by atoms with E-state index in [0.29, 0.717) is 13.1 Å². The van der Waals surface area contributed by atoms with Gasteiger partial charge < -0.3 is 15.3 Å². The van der Waals surface area contributed by atoms with Gasteiger partial charge in [0.1, 0.15) is 0 Å². The molecule has 0 saturated carbocycles. The van der Waals surface area contributed by atoms with E-state index < -0.39 is 0 Å². The first kappa shape index (κ1) is 10.5. The molecule has 86 valence electrons. The number of rotatable bonds is 2. The van der Waals surface area contributed by atoms with Crippen LogP contribution in [0.15, 0.2) is 35.6 Å². The largest absolute Gasteiger partial charge is 0.737 e. The first-order valence-corrected chi connectivity index (χ1v) is 5.16. The van der Waals surface area contributed by atoms with Gasteiger partial charge in [-0.2, -0.15) is 0 Å². The van der Waals surface area contributed by atoms with Gasteiger partial charge in [-0.1, -0.05) is 18.2 Å². The summed E-state index contributed by atoms with van der Waals surface area (Å²) >= 11 is 0. The third kappa shape index (κ3) is 2.16. The van der Waals surface area contributed by atoms with Crippen LogP contribution in [-0.4, -0.2) is 36.2 Å². The lowest BCUT2D eigenvalue weighted by Gasteiger charge is -2.33. The van der Waals surface area contributed by atoms with Gasteiger partial charge in [0, 0.05) is 23.7 Å². The molecule has 0 aliphatic carbocycles. The fourth-order valence-electron chi connectivity index (χ4n) is 1.82. The Labute approximate surface area is 93.5 Å². The SMILES string of the molecule is [O-]/N=[N+](/[O-])N1CCN(c2ccccc2)CC1. The molecule has 1 fully saturated rings. The van der Waals surface area contributed by atoms with E-state index in [1.807, 2.05) is 30.3 Å². The Hall–Kier alpha value is -1.98. The second kappa shape index (κ2) is 4.69. The van der Waals surface area contributed by atoms with Crippen LogP contribution in [0.2, 0.25) is 0 Å². The van der Waals surface area contributed by atoms with Crippen LogP contribution in [0.5, 0.6) is 0 Å². The Kier molecular flexibility index (Phi) is 3.09. The maximum atomic E-state index is 11.0. The molecule has 2 rings (SSSR count). The van der Waals surface area contributed by atoms with Crippen molar-refractivity contribution < 1.29 is 4.97 Å². The summed E-state index contributed by atoms with van der Waals surface area (Å²) in [6, 6.07) is 9.99. The minimum Gasteiger partial charge on any atom is -0.737 e. The van der Waals surface area contributed by atoms with E-state index in [-0.39, 0.29) is 4.97 Å². The lowest BCUT2D eigenvalue weighted by Crippen LogP contribution is -2.48. The molecule has 0 amide bonds. The lowest BCUT2D eigenvalue weighted by atomic mass is 10.2. The topological polar surface area (TPSA) is 68.0 Å². The summed E-state index contributed by atoms with van der Waals surface area (Å²) in [4.78, 5) is 2.30. The summed E-state index contributed by atoms with van der Waals surface area (Å²) in [5.74, 6) is 0. The quantitative estimate of drug-likeness (QED) is 0.427. The van der Waals surface area contributed by atoms with Gasteiger partial charge in [-0.15, -0.1) is 5.01 Å². The van der Waals surface area contributed by atoms with Crippen molar-refractivity contribution in [1.82, 2.24) is 5.01 Å². The predicted molar refractivity (Wildman–Crippen MR) is 59.7 cm³/mol. The normalized spacial score (nSPS) is 17.6. The van der Waals surface area contributed by atoms with E-state index in [1.165, 1.54) is 5.01 Å². The van der Waals surface area contributed by atoms with Crippen LogP contribution < -0.4 is 4.90 Å². The average Bonchev–Trinajstić information content (AvgIpc) is 2.39. The molecule has 1 aliphatic rings. The Balaban J connectivity index is 1.96. The molecule has 0 aromatic heterocycles. The van der Waals surface area contributed by atoms with Crippen LogP contribution in [0.3, 0.4) is 0 Å². The van der Waals surface area contributed by atoms with Crippen LogP contribution in [-0.2, 0) is 0 Å². The number of anilines is 1. The summed E-state index contributed by atoms with van der Waals surface area (Å²) < 4.78 is 0. The number of hydrogen-bond donors (Lipinski definition) is 0. The van der Waals surface area contributed by atoms with E-state index in [4.69, 9.17) is 0 Å². The smallest absolute Gasteiger partial charge is 0.0943 e. The Bertz CT molecular complexity index is 360. The van der Waals surface area contributed by atoms with Gasteiger partial charge in [-0.05, 0) is 17.4 Å². The molecule has 1 heterocycles. The third-order valence-electron chi connectivity index (χ3n) is 2.69. The Morgan fingerprint density at radius 3 is 2.25 bits per heavy atom. The van der Waals surface area contributed by atoms with Crippen molar-refractivity contribution in [3.63, 3.8) is 0 Å². The van der Waals surface area contributed by atoms with E-state index in [9.17, 15) is 10.4 Å². The summed E-state index contributed by atoms with van der Waals surface area (Å²) in [6.07, 6.45) is 0. The Morgan fingerprint density at radius 1 is 1.06 bits per heavy atom. The fourth-order valence-corrected chi connectivity index (χ4v) is 1.82. The molecule has 1 aliphatic heterocycles. The zero-order valence-corrected chi connectivity index (χ0v) is 8.82. The number of hydrazine groups is 1. The molecule has 16 heavy (non-hydrogen) atoms. The number of nitrogens with zero attached hydrogens (tertiary/aromatic N) is 4. The molecule has 0 bridgehead atoms. The highest BCUT2D eigenvalue weighted by Crippen LogP contribution is 2.15. The molecule has 1 aromatic carbocycles. The van der Waals surface area contributed by atoms with Gasteiger partial charge in [-0.25, -0.2) is 0 Å². The van der Waals surface area contributed by atoms with Crippen molar-refractivity contribution in [2.24, 2.45) is 5.28 Å². The Morgan fingerprint density at radius 2 is 1.69 bits per heavy atom. The number of benzene rings is 1. The second-order valence-electron chi connectivity index (χ2n) is 3.61. The maximum absolute atomic E-state index is 11.0. The number of piperazine rings is 1. The highest BCUT2D eigenvalue weighted by Gasteiger charge is 2.21. The molecular weight excluding hydrogens is 208 g/mol. The van der Waals surface area contributed by atoms with Crippen LogP contribution in [0, 0.1) is 10.4 Å². The zero-order chi connectivity index (χ0) is 11.4. The van der Waals surface area contributed by atoms with Crippen LogP contribution in [0.25, 0.3) is 0 Å². The van der Waals surface area contributed by atoms with Gasteiger partial charge in [0.25, 0.3) is 0 Å². The fraction of sp³-hybridized carbons (Fsp3) is 0.400. The van der Waals surface area contributed by atoms with Crippen LogP contribution >= 0.6 is 0 Å². The minimum atomic E-state index is 0.127. The van der Waals surface area contributed by atoms with Crippen molar-refractivity contribution in [1.29, 1.82) is 0 Å².